The van der Waals surface area contributed by atoms with Crippen molar-refractivity contribution in [3.05, 3.63) is 28.3 Å². The molecule has 0 spiro atoms. The molecular formula is C13H18ClNO. The monoisotopic (exact) mass is 239 g/mol. The van der Waals surface area contributed by atoms with Crippen molar-refractivity contribution in [1.29, 1.82) is 0 Å². The van der Waals surface area contributed by atoms with Crippen molar-refractivity contribution in [1.82, 2.24) is 5.32 Å². The lowest BCUT2D eigenvalue weighted by Gasteiger charge is -2.28. The average molecular weight is 240 g/mol. The van der Waals surface area contributed by atoms with Gasteiger partial charge in [-0.05, 0) is 37.6 Å². The lowest BCUT2D eigenvalue weighted by atomic mass is 9.98. The minimum Gasteiger partial charge on any atom is -0.493 e. The SMILES string of the molecule is CCCNC1CCOc2c(C)cc(Cl)cc21. The largest absolute Gasteiger partial charge is 0.493 e. The topological polar surface area (TPSA) is 21.3 Å². The summed E-state index contributed by atoms with van der Waals surface area (Å²) in [5, 5.41) is 4.34. The molecule has 0 aliphatic carbocycles. The van der Waals surface area contributed by atoms with Gasteiger partial charge in [-0.3, -0.25) is 0 Å². The first-order valence-corrected chi connectivity index (χ1v) is 6.26. The first kappa shape index (κ1) is 11.7. The number of ether oxygens (including phenoxy) is 1. The number of aryl methyl sites for hydroxylation is 1. The lowest BCUT2D eigenvalue weighted by molar-refractivity contribution is 0.251. The van der Waals surface area contributed by atoms with Crippen molar-refractivity contribution in [2.24, 2.45) is 0 Å². The number of hydrogen-bond acceptors (Lipinski definition) is 2. The van der Waals surface area contributed by atoms with Gasteiger partial charge >= 0.3 is 0 Å². The Hall–Kier alpha value is -0.730. The zero-order valence-corrected chi connectivity index (χ0v) is 10.6. The van der Waals surface area contributed by atoms with E-state index in [1.54, 1.807) is 0 Å². The maximum atomic E-state index is 6.10. The summed E-state index contributed by atoms with van der Waals surface area (Å²) < 4.78 is 5.72. The summed E-state index contributed by atoms with van der Waals surface area (Å²) in [6, 6.07) is 4.37. The van der Waals surface area contributed by atoms with Gasteiger partial charge in [0.15, 0.2) is 0 Å². The molecule has 1 atom stereocenters. The van der Waals surface area contributed by atoms with Crippen LogP contribution in [0.5, 0.6) is 5.75 Å². The standard InChI is InChI=1S/C13H18ClNO/c1-3-5-15-12-4-6-16-13-9(2)7-10(14)8-11(12)13/h7-8,12,15H,3-6H2,1-2H3. The number of nitrogens with one attached hydrogen (secondary N) is 1. The molecule has 88 valence electrons. The normalized spacial score (nSPS) is 19.1. The molecule has 0 saturated carbocycles. The van der Waals surface area contributed by atoms with E-state index in [4.69, 9.17) is 16.3 Å². The molecule has 1 aliphatic rings. The van der Waals surface area contributed by atoms with Crippen LogP contribution in [0.15, 0.2) is 12.1 Å². The van der Waals surface area contributed by atoms with Crippen molar-refractivity contribution in [3.8, 4) is 5.75 Å². The second-order valence-corrected chi connectivity index (χ2v) is 4.72. The molecule has 1 N–H and O–H groups in total. The second kappa shape index (κ2) is 5.07. The van der Waals surface area contributed by atoms with E-state index in [2.05, 4.69) is 12.2 Å². The highest BCUT2D eigenvalue weighted by Gasteiger charge is 2.22. The molecule has 0 bridgehead atoms. The van der Waals surface area contributed by atoms with Gasteiger partial charge in [0.25, 0.3) is 0 Å². The zero-order chi connectivity index (χ0) is 11.5. The number of halogens is 1. The molecule has 16 heavy (non-hydrogen) atoms. The van der Waals surface area contributed by atoms with Gasteiger partial charge in [-0.1, -0.05) is 18.5 Å². The number of hydrogen-bond donors (Lipinski definition) is 1. The summed E-state index contributed by atoms with van der Waals surface area (Å²) in [7, 11) is 0. The fourth-order valence-corrected chi connectivity index (χ4v) is 2.46. The van der Waals surface area contributed by atoms with Crippen LogP contribution in [0.4, 0.5) is 0 Å². The molecule has 1 aliphatic heterocycles. The average Bonchev–Trinajstić information content (AvgIpc) is 2.26. The molecule has 3 heteroatoms. The summed E-state index contributed by atoms with van der Waals surface area (Å²) in [5.74, 6) is 1.02. The Kier molecular flexibility index (Phi) is 3.72. The first-order chi connectivity index (χ1) is 7.72. The van der Waals surface area contributed by atoms with Crippen molar-refractivity contribution in [2.75, 3.05) is 13.2 Å². The Balaban J connectivity index is 2.30. The third-order valence-corrected chi connectivity index (χ3v) is 3.16. The van der Waals surface area contributed by atoms with Crippen LogP contribution in [0.2, 0.25) is 5.02 Å². The molecular weight excluding hydrogens is 222 g/mol. The zero-order valence-electron chi connectivity index (χ0n) is 9.85. The summed E-state index contributed by atoms with van der Waals surface area (Å²) in [5.41, 5.74) is 2.34. The number of benzene rings is 1. The first-order valence-electron chi connectivity index (χ1n) is 5.88. The van der Waals surface area contributed by atoms with E-state index in [9.17, 15) is 0 Å². The third kappa shape index (κ3) is 2.33. The van der Waals surface area contributed by atoms with E-state index in [-0.39, 0.29) is 0 Å². The van der Waals surface area contributed by atoms with Gasteiger partial charge in [0.05, 0.1) is 6.61 Å². The predicted octanol–water partition coefficient (Wildman–Crippen LogP) is 3.47. The highest BCUT2D eigenvalue weighted by Crippen LogP contribution is 2.36. The van der Waals surface area contributed by atoms with Crippen LogP contribution in [0.25, 0.3) is 0 Å². The smallest absolute Gasteiger partial charge is 0.127 e. The van der Waals surface area contributed by atoms with Crippen LogP contribution in [-0.2, 0) is 0 Å². The molecule has 1 aromatic rings. The number of rotatable bonds is 3. The van der Waals surface area contributed by atoms with Crippen molar-refractivity contribution >= 4 is 11.6 Å². The second-order valence-electron chi connectivity index (χ2n) is 4.28. The molecule has 2 rings (SSSR count). The van der Waals surface area contributed by atoms with Crippen LogP contribution < -0.4 is 10.1 Å². The van der Waals surface area contributed by atoms with Gasteiger partial charge in [0, 0.05) is 23.0 Å². The summed E-state index contributed by atoms with van der Waals surface area (Å²) in [6.07, 6.45) is 2.17. The van der Waals surface area contributed by atoms with Gasteiger partial charge in [0.1, 0.15) is 5.75 Å². The lowest BCUT2D eigenvalue weighted by Crippen LogP contribution is -2.28. The Bertz CT molecular complexity index is 378. The minimum atomic E-state index is 0.390. The van der Waals surface area contributed by atoms with Gasteiger partial charge < -0.3 is 10.1 Å². The van der Waals surface area contributed by atoms with Crippen LogP contribution in [-0.4, -0.2) is 13.2 Å². The molecule has 2 nitrogen and oxygen atoms in total. The highest BCUT2D eigenvalue weighted by molar-refractivity contribution is 6.30. The Morgan fingerprint density at radius 2 is 2.31 bits per heavy atom. The summed E-state index contributed by atoms with van der Waals surface area (Å²) in [6.45, 7) is 6.05. The number of fused-ring (bicyclic) bond motifs is 1. The van der Waals surface area contributed by atoms with Crippen molar-refractivity contribution in [2.45, 2.75) is 32.7 Å². The molecule has 0 fully saturated rings. The predicted molar refractivity (Wildman–Crippen MR) is 67.3 cm³/mol. The van der Waals surface area contributed by atoms with Gasteiger partial charge in [0.2, 0.25) is 0 Å². The third-order valence-electron chi connectivity index (χ3n) is 2.94. The summed E-state index contributed by atoms with van der Waals surface area (Å²) >= 11 is 6.10. The molecule has 0 radical (unpaired) electrons. The van der Waals surface area contributed by atoms with Gasteiger partial charge in [-0.2, -0.15) is 0 Å². The Morgan fingerprint density at radius 1 is 1.50 bits per heavy atom. The molecule has 1 unspecified atom stereocenters. The molecule has 0 amide bonds. The van der Waals surface area contributed by atoms with Gasteiger partial charge in [-0.25, -0.2) is 0 Å². The van der Waals surface area contributed by atoms with Crippen molar-refractivity contribution < 1.29 is 4.74 Å². The van der Waals surface area contributed by atoms with Crippen LogP contribution in [0.3, 0.4) is 0 Å². The Labute approximate surface area is 102 Å². The van der Waals surface area contributed by atoms with E-state index >= 15 is 0 Å². The van der Waals surface area contributed by atoms with E-state index in [0.29, 0.717) is 6.04 Å². The quantitative estimate of drug-likeness (QED) is 0.872. The molecule has 1 aromatic carbocycles. The fraction of sp³-hybridized carbons (Fsp3) is 0.538. The van der Waals surface area contributed by atoms with E-state index in [0.717, 1.165) is 42.3 Å². The maximum Gasteiger partial charge on any atom is 0.127 e. The molecule has 0 aromatic heterocycles. The van der Waals surface area contributed by atoms with Crippen LogP contribution >= 0.6 is 11.6 Å². The van der Waals surface area contributed by atoms with E-state index in [1.807, 2.05) is 19.1 Å². The maximum absolute atomic E-state index is 6.10. The van der Waals surface area contributed by atoms with E-state index < -0.39 is 0 Å². The van der Waals surface area contributed by atoms with Crippen LogP contribution in [0, 0.1) is 6.92 Å². The van der Waals surface area contributed by atoms with Gasteiger partial charge in [-0.15, -0.1) is 0 Å². The summed E-state index contributed by atoms with van der Waals surface area (Å²) in [4.78, 5) is 0. The van der Waals surface area contributed by atoms with Crippen molar-refractivity contribution in [3.63, 3.8) is 0 Å². The van der Waals surface area contributed by atoms with E-state index in [1.165, 1.54) is 5.56 Å². The molecule has 1 heterocycles. The fourth-order valence-electron chi connectivity index (χ4n) is 2.18. The molecule has 0 saturated heterocycles. The highest BCUT2D eigenvalue weighted by atomic mass is 35.5. The van der Waals surface area contributed by atoms with Crippen LogP contribution in [0.1, 0.15) is 36.9 Å². The minimum absolute atomic E-state index is 0.390. The Morgan fingerprint density at radius 3 is 3.06 bits per heavy atom.